The summed E-state index contributed by atoms with van der Waals surface area (Å²) < 4.78 is 15.9. The molecule has 2 aromatic carbocycles. The quantitative estimate of drug-likeness (QED) is 0.537. The van der Waals surface area contributed by atoms with Gasteiger partial charge in [0.25, 0.3) is 0 Å². The Labute approximate surface area is 139 Å². The Balaban J connectivity index is 1.82. The SMILES string of the molecule is COc1cc(OC)c(OC)cc1/C=N/Nc1nc2ccccc2[nH]1. The molecule has 7 nitrogen and oxygen atoms in total. The molecule has 0 fully saturated rings. The average Bonchev–Trinajstić information content (AvgIpc) is 3.03. The Morgan fingerprint density at radius 2 is 1.71 bits per heavy atom. The normalized spacial score (nSPS) is 11.0. The van der Waals surface area contributed by atoms with E-state index in [0.29, 0.717) is 23.2 Å². The first-order valence-electron chi connectivity index (χ1n) is 7.29. The topological polar surface area (TPSA) is 80.8 Å². The van der Waals surface area contributed by atoms with Crippen molar-refractivity contribution in [3.63, 3.8) is 0 Å². The van der Waals surface area contributed by atoms with Gasteiger partial charge in [0.1, 0.15) is 5.75 Å². The molecule has 0 aliphatic rings. The maximum Gasteiger partial charge on any atom is 0.222 e. The van der Waals surface area contributed by atoms with E-state index in [0.717, 1.165) is 16.6 Å². The van der Waals surface area contributed by atoms with Crippen LogP contribution in [0.15, 0.2) is 41.5 Å². The van der Waals surface area contributed by atoms with Crippen LogP contribution in [0, 0.1) is 0 Å². The largest absolute Gasteiger partial charge is 0.496 e. The summed E-state index contributed by atoms with van der Waals surface area (Å²) in [5.74, 6) is 2.38. The van der Waals surface area contributed by atoms with Gasteiger partial charge in [-0.05, 0) is 18.2 Å². The fourth-order valence-corrected chi connectivity index (χ4v) is 2.32. The monoisotopic (exact) mass is 326 g/mol. The number of H-pyrrole nitrogens is 1. The third kappa shape index (κ3) is 3.10. The number of hydrogen-bond donors (Lipinski definition) is 2. The second-order valence-electron chi connectivity index (χ2n) is 4.92. The van der Waals surface area contributed by atoms with E-state index in [9.17, 15) is 0 Å². The second kappa shape index (κ2) is 6.91. The molecule has 3 aromatic rings. The molecule has 24 heavy (non-hydrogen) atoms. The zero-order chi connectivity index (χ0) is 16.9. The molecule has 1 heterocycles. The summed E-state index contributed by atoms with van der Waals surface area (Å²) in [6.07, 6.45) is 1.63. The highest BCUT2D eigenvalue weighted by Gasteiger charge is 2.10. The molecule has 0 aliphatic carbocycles. The van der Waals surface area contributed by atoms with E-state index in [1.54, 1.807) is 39.7 Å². The van der Waals surface area contributed by atoms with Gasteiger partial charge in [0.15, 0.2) is 11.5 Å². The van der Waals surface area contributed by atoms with E-state index in [1.807, 2.05) is 24.3 Å². The predicted molar refractivity (Wildman–Crippen MR) is 93.4 cm³/mol. The molecule has 0 radical (unpaired) electrons. The first-order chi connectivity index (χ1) is 11.7. The average molecular weight is 326 g/mol. The van der Waals surface area contributed by atoms with E-state index in [1.165, 1.54) is 0 Å². The molecule has 2 N–H and O–H groups in total. The number of para-hydroxylation sites is 2. The minimum Gasteiger partial charge on any atom is -0.496 e. The molecule has 0 saturated heterocycles. The van der Waals surface area contributed by atoms with E-state index >= 15 is 0 Å². The van der Waals surface area contributed by atoms with E-state index in [-0.39, 0.29) is 0 Å². The van der Waals surface area contributed by atoms with Gasteiger partial charge in [0.05, 0.1) is 38.6 Å². The van der Waals surface area contributed by atoms with Crippen molar-refractivity contribution in [2.24, 2.45) is 5.10 Å². The number of rotatable bonds is 6. The number of anilines is 1. The molecule has 0 spiro atoms. The number of nitrogens with zero attached hydrogens (tertiary/aromatic N) is 2. The Bertz CT molecular complexity index is 840. The van der Waals surface area contributed by atoms with Crippen LogP contribution in [0.1, 0.15) is 5.56 Å². The highest BCUT2D eigenvalue weighted by molar-refractivity contribution is 5.85. The highest BCUT2D eigenvalue weighted by atomic mass is 16.5. The number of benzene rings is 2. The van der Waals surface area contributed by atoms with Gasteiger partial charge >= 0.3 is 0 Å². The summed E-state index contributed by atoms with van der Waals surface area (Å²) in [5.41, 5.74) is 5.44. The molecule has 1 aromatic heterocycles. The molecule has 0 unspecified atom stereocenters. The minimum atomic E-state index is 0.562. The number of hydrogen-bond acceptors (Lipinski definition) is 6. The van der Waals surface area contributed by atoms with Crippen LogP contribution in [0.25, 0.3) is 11.0 Å². The van der Waals surface area contributed by atoms with Crippen LogP contribution in [-0.2, 0) is 0 Å². The van der Waals surface area contributed by atoms with Crippen LogP contribution >= 0.6 is 0 Å². The summed E-state index contributed by atoms with van der Waals surface area (Å²) in [5, 5.41) is 4.20. The van der Waals surface area contributed by atoms with E-state index in [4.69, 9.17) is 14.2 Å². The summed E-state index contributed by atoms with van der Waals surface area (Å²) in [6, 6.07) is 11.3. The molecule has 124 valence electrons. The second-order valence-corrected chi connectivity index (χ2v) is 4.92. The van der Waals surface area contributed by atoms with Gasteiger partial charge in [-0.25, -0.2) is 10.4 Å². The molecule has 0 amide bonds. The third-order valence-corrected chi connectivity index (χ3v) is 3.50. The van der Waals surface area contributed by atoms with Crippen LogP contribution in [-0.4, -0.2) is 37.5 Å². The third-order valence-electron chi connectivity index (χ3n) is 3.50. The number of methoxy groups -OCH3 is 3. The fraction of sp³-hybridized carbons (Fsp3) is 0.176. The van der Waals surface area contributed by atoms with Gasteiger partial charge in [0, 0.05) is 11.6 Å². The summed E-state index contributed by atoms with van der Waals surface area (Å²) >= 11 is 0. The fourth-order valence-electron chi connectivity index (χ4n) is 2.32. The zero-order valence-corrected chi connectivity index (χ0v) is 13.7. The van der Waals surface area contributed by atoms with Gasteiger partial charge in [-0.15, -0.1) is 0 Å². The van der Waals surface area contributed by atoms with Crippen molar-refractivity contribution < 1.29 is 14.2 Å². The van der Waals surface area contributed by atoms with Crippen molar-refractivity contribution >= 4 is 23.2 Å². The molecule has 0 bridgehead atoms. The van der Waals surface area contributed by atoms with Crippen molar-refractivity contribution in [3.05, 3.63) is 42.0 Å². The molecule has 7 heteroatoms. The van der Waals surface area contributed by atoms with Gasteiger partial charge in [-0.2, -0.15) is 5.10 Å². The van der Waals surface area contributed by atoms with Gasteiger partial charge in [0.2, 0.25) is 5.95 Å². The molecular weight excluding hydrogens is 308 g/mol. The zero-order valence-electron chi connectivity index (χ0n) is 13.7. The predicted octanol–water partition coefficient (Wildman–Crippen LogP) is 3.03. The highest BCUT2D eigenvalue weighted by Crippen LogP contribution is 2.33. The number of fused-ring (bicyclic) bond motifs is 1. The van der Waals surface area contributed by atoms with Crippen molar-refractivity contribution in [1.82, 2.24) is 9.97 Å². The standard InChI is InChI=1S/C17H18N4O3/c1-22-14-9-16(24-3)15(23-2)8-11(14)10-18-21-17-19-12-6-4-5-7-13(12)20-17/h4-10H,1-3H3,(H2,19,20,21)/b18-10+. The van der Waals surface area contributed by atoms with Gasteiger partial charge in [-0.3, -0.25) is 0 Å². The molecule has 0 atom stereocenters. The molecule has 0 aliphatic heterocycles. The lowest BCUT2D eigenvalue weighted by Gasteiger charge is -2.11. The Hall–Kier alpha value is -3.22. The number of hydrazone groups is 1. The van der Waals surface area contributed by atoms with Crippen LogP contribution in [0.5, 0.6) is 17.2 Å². The maximum absolute atomic E-state index is 5.36. The smallest absolute Gasteiger partial charge is 0.222 e. The van der Waals surface area contributed by atoms with E-state index < -0.39 is 0 Å². The molecular formula is C17H18N4O3. The van der Waals surface area contributed by atoms with Crippen molar-refractivity contribution in [3.8, 4) is 17.2 Å². The van der Waals surface area contributed by atoms with Crippen LogP contribution in [0.3, 0.4) is 0 Å². The Morgan fingerprint density at radius 3 is 2.42 bits per heavy atom. The van der Waals surface area contributed by atoms with Crippen LogP contribution in [0.2, 0.25) is 0 Å². The van der Waals surface area contributed by atoms with E-state index in [2.05, 4.69) is 20.5 Å². The number of imidazole rings is 1. The lowest BCUT2D eigenvalue weighted by molar-refractivity contribution is 0.349. The Kier molecular flexibility index (Phi) is 4.51. The summed E-state index contributed by atoms with van der Waals surface area (Å²) in [6.45, 7) is 0. The Morgan fingerprint density at radius 1 is 1.00 bits per heavy atom. The number of ether oxygens (including phenoxy) is 3. The van der Waals surface area contributed by atoms with Crippen molar-refractivity contribution in [2.75, 3.05) is 26.8 Å². The summed E-state index contributed by atoms with van der Waals surface area (Å²) in [7, 11) is 4.75. The van der Waals surface area contributed by atoms with Gasteiger partial charge in [-0.1, -0.05) is 12.1 Å². The van der Waals surface area contributed by atoms with Crippen LogP contribution < -0.4 is 19.6 Å². The first-order valence-corrected chi connectivity index (χ1v) is 7.29. The van der Waals surface area contributed by atoms with Crippen molar-refractivity contribution in [2.45, 2.75) is 0 Å². The lowest BCUT2D eigenvalue weighted by Crippen LogP contribution is -1.98. The molecule has 0 saturated carbocycles. The summed E-state index contributed by atoms with van der Waals surface area (Å²) in [4.78, 5) is 7.53. The molecule has 3 rings (SSSR count). The number of nitrogens with one attached hydrogen (secondary N) is 2. The minimum absolute atomic E-state index is 0.562. The first kappa shape index (κ1) is 15.7. The maximum atomic E-state index is 5.36. The van der Waals surface area contributed by atoms with Crippen molar-refractivity contribution in [1.29, 1.82) is 0 Å². The lowest BCUT2D eigenvalue weighted by atomic mass is 10.2. The number of aromatic amines is 1. The van der Waals surface area contributed by atoms with Crippen LogP contribution in [0.4, 0.5) is 5.95 Å². The van der Waals surface area contributed by atoms with Gasteiger partial charge < -0.3 is 19.2 Å². The number of aromatic nitrogens is 2.